The molecule has 1 amide bonds. The van der Waals surface area contributed by atoms with Crippen LogP contribution in [0.2, 0.25) is 5.02 Å². The van der Waals surface area contributed by atoms with Gasteiger partial charge in [-0.2, -0.15) is 0 Å². The smallest absolute Gasteiger partial charge is 0.252 e. The number of hydrogen-bond donors (Lipinski definition) is 1. The van der Waals surface area contributed by atoms with E-state index in [1.54, 1.807) is 24.3 Å². The summed E-state index contributed by atoms with van der Waals surface area (Å²) in [5, 5.41) is 3.38. The summed E-state index contributed by atoms with van der Waals surface area (Å²) in [6, 6.07) is 22.7. The molecule has 170 valence electrons. The number of hydrogen-bond acceptors (Lipinski definition) is 4. The molecule has 0 saturated carbocycles. The van der Waals surface area contributed by atoms with Crippen LogP contribution in [0.15, 0.2) is 72.8 Å². The number of nitrogens with zero attached hydrogens (tertiary/aromatic N) is 2. The third-order valence-electron chi connectivity index (χ3n) is 5.21. The van der Waals surface area contributed by atoms with E-state index in [2.05, 4.69) is 9.88 Å². The van der Waals surface area contributed by atoms with Crippen molar-refractivity contribution in [3.63, 3.8) is 0 Å². The van der Waals surface area contributed by atoms with Gasteiger partial charge < -0.3 is 19.4 Å². The van der Waals surface area contributed by atoms with E-state index in [-0.39, 0.29) is 5.91 Å². The lowest BCUT2D eigenvalue weighted by molar-refractivity contribution is 0.0954. The van der Waals surface area contributed by atoms with Gasteiger partial charge in [-0.25, -0.2) is 4.98 Å². The largest absolute Gasteiger partial charge is 0.490 e. The zero-order valence-corrected chi connectivity index (χ0v) is 19.2. The van der Waals surface area contributed by atoms with E-state index in [1.807, 2.05) is 55.5 Å². The second-order valence-corrected chi connectivity index (χ2v) is 7.79. The van der Waals surface area contributed by atoms with Crippen molar-refractivity contribution in [2.24, 2.45) is 0 Å². The molecule has 0 spiro atoms. The molecule has 1 aromatic heterocycles. The number of imidazole rings is 1. The highest BCUT2D eigenvalue weighted by Crippen LogP contribution is 2.26. The number of fused-ring (bicyclic) bond motifs is 1. The van der Waals surface area contributed by atoms with Crippen LogP contribution in [0.3, 0.4) is 0 Å². The SMILES string of the molecule is CCOc1ccccc1OCCn1c(CCNC(=O)c2ccccc2Cl)nc2ccccc21. The maximum Gasteiger partial charge on any atom is 0.252 e. The van der Waals surface area contributed by atoms with Gasteiger partial charge in [-0.3, -0.25) is 4.79 Å². The first-order valence-corrected chi connectivity index (χ1v) is 11.4. The summed E-state index contributed by atoms with van der Waals surface area (Å²) in [5.74, 6) is 2.15. The molecule has 0 unspecified atom stereocenters. The normalized spacial score (nSPS) is 10.8. The lowest BCUT2D eigenvalue weighted by Crippen LogP contribution is -2.27. The van der Waals surface area contributed by atoms with Gasteiger partial charge in [0.05, 0.1) is 34.8 Å². The van der Waals surface area contributed by atoms with E-state index in [0.717, 1.165) is 28.4 Å². The quantitative estimate of drug-likeness (QED) is 0.353. The molecule has 0 aliphatic rings. The van der Waals surface area contributed by atoms with Crippen molar-refractivity contribution < 1.29 is 14.3 Å². The Hall–Kier alpha value is -3.51. The molecule has 0 saturated heterocycles. The minimum absolute atomic E-state index is 0.195. The summed E-state index contributed by atoms with van der Waals surface area (Å²) in [6.45, 7) is 4.06. The van der Waals surface area contributed by atoms with Gasteiger partial charge in [-0.1, -0.05) is 48.0 Å². The lowest BCUT2D eigenvalue weighted by atomic mass is 10.2. The molecule has 0 fully saturated rings. The minimum atomic E-state index is -0.195. The topological polar surface area (TPSA) is 65.4 Å². The predicted molar refractivity (Wildman–Crippen MR) is 130 cm³/mol. The standard InChI is InChI=1S/C26H26ClN3O3/c1-2-32-23-13-7-8-14-24(23)33-18-17-30-22-12-6-5-11-21(22)29-25(30)15-16-28-26(31)19-9-3-4-10-20(19)27/h3-14H,2,15-18H2,1H3,(H,28,31). The predicted octanol–water partition coefficient (Wildman–Crippen LogP) is 5.14. The van der Waals surface area contributed by atoms with Gasteiger partial charge in [-0.05, 0) is 43.3 Å². The first kappa shape index (κ1) is 22.7. The Labute approximate surface area is 198 Å². The highest BCUT2D eigenvalue weighted by molar-refractivity contribution is 6.33. The monoisotopic (exact) mass is 463 g/mol. The Bertz CT molecular complexity index is 1240. The van der Waals surface area contributed by atoms with Crippen LogP contribution in [0.1, 0.15) is 23.1 Å². The summed E-state index contributed by atoms with van der Waals surface area (Å²) in [7, 11) is 0. The minimum Gasteiger partial charge on any atom is -0.490 e. The number of nitrogens with one attached hydrogen (secondary N) is 1. The Kier molecular flexibility index (Phi) is 7.47. The highest BCUT2D eigenvalue weighted by Gasteiger charge is 2.13. The molecule has 1 N–H and O–H groups in total. The molecule has 6 nitrogen and oxygen atoms in total. The van der Waals surface area contributed by atoms with Gasteiger partial charge in [0.25, 0.3) is 5.91 Å². The molecule has 0 aliphatic carbocycles. The van der Waals surface area contributed by atoms with Gasteiger partial charge >= 0.3 is 0 Å². The number of carbonyl (C=O) groups is 1. The second kappa shape index (κ2) is 10.9. The van der Waals surface area contributed by atoms with Crippen molar-refractivity contribution in [1.29, 1.82) is 0 Å². The maximum absolute atomic E-state index is 12.5. The Balaban J connectivity index is 1.44. The molecule has 1 heterocycles. The third kappa shape index (κ3) is 5.46. The van der Waals surface area contributed by atoms with Crippen LogP contribution in [0.4, 0.5) is 0 Å². The molecular weight excluding hydrogens is 438 g/mol. The van der Waals surface area contributed by atoms with Crippen LogP contribution in [0.25, 0.3) is 11.0 Å². The molecule has 0 radical (unpaired) electrons. The fourth-order valence-electron chi connectivity index (χ4n) is 3.69. The second-order valence-electron chi connectivity index (χ2n) is 7.38. The lowest BCUT2D eigenvalue weighted by Gasteiger charge is -2.14. The van der Waals surface area contributed by atoms with Crippen LogP contribution in [-0.2, 0) is 13.0 Å². The van der Waals surface area contributed by atoms with Gasteiger partial charge in [0.1, 0.15) is 12.4 Å². The molecule has 0 bridgehead atoms. The van der Waals surface area contributed by atoms with Crippen molar-refractivity contribution in [1.82, 2.24) is 14.9 Å². The zero-order chi connectivity index (χ0) is 23.0. The zero-order valence-electron chi connectivity index (χ0n) is 18.5. The number of aromatic nitrogens is 2. The molecule has 33 heavy (non-hydrogen) atoms. The Morgan fingerprint density at radius 1 is 0.970 bits per heavy atom. The number of benzene rings is 3. The summed E-state index contributed by atoms with van der Waals surface area (Å²) in [6.07, 6.45) is 0.584. The highest BCUT2D eigenvalue weighted by atomic mass is 35.5. The molecule has 4 aromatic rings. The Morgan fingerprint density at radius 3 is 2.45 bits per heavy atom. The molecule has 4 rings (SSSR count). The number of para-hydroxylation sites is 4. The van der Waals surface area contributed by atoms with E-state index in [1.165, 1.54) is 0 Å². The molecule has 0 atom stereocenters. The van der Waals surface area contributed by atoms with Crippen LogP contribution in [0, 0.1) is 0 Å². The van der Waals surface area contributed by atoms with Crippen LogP contribution in [-0.4, -0.2) is 35.2 Å². The van der Waals surface area contributed by atoms with Crippen molar-refractivity contribution in [2.75, 3.05) is 19.8 Å². The van der Waals surface area contributed by atoms with E-state index in [4.69, 9.17) is 26.1 Å². The summed E-state index contributed by atoms with van der Waals surface area (Å²) in [4.78, 5) is 17.3. The number of carbonyl (C=O) groups excluding carboxylic acids is 1. The fourth-order valence-corrected chi connectivity index (χ4v) is 3.91. The third-order valence-corrected chi connectivity index (χ3v) is 5.54. The van der Waals surface area contributed by atoms with Crippen LogP contribution < -0.4 is 14.8 Å². The van der Waals surface area contributed by atoms with Gasteiger partial charge in [-0.15, -0.1) is 0 Å². The fraction of sp³-hybridized carbons (Fsp3) is 0.231. The summed E-state index contributed by atoms with van der Waals surface area (Å²) in [5.41, 5.74) is 2.42. The first-order chi connectivity index (χ1) is 16.2. The van der Waals surface area contributed by atoms with E-state index < -0.39 is 0 Å². The van der Waals surface area contributed by atoms with Crippen LogP contribution in [0.5, 0.6) is 11.5 Å². The van der Waals surface area contributed by atoms with Crippen molar-refractivity contribution >= 4 is 28.5 Å². The number of ether oxygens (including phenoxy) is 2. The Morgan fingerprint density at radius 2 is 1.67 bits per heavy atom. The van der Waals surface area contributed by atoms with Crippen molar-refractivity contribution in [3.05, 3.63) is 89.2 Å². The molecule has 3 aromatic carbocycles. The molecular formula is C26H26ClN3O3. The number of rotatable bonds is 10. The average molecular weight is 464 g/mol. The first-order valence-electron chi connectivity index (χ1n) is 11.0. The van der Waals surface area contributed by atoms with Gasteiger partial charge in [0.2, 0.25) is 0 Å². The van der Waals surface area contributed by atoms with Crippen molar-refractivity contribution in [3.8, 4) is 11.5 Å². The van der Waals surface area contributed by atoms with E-state index >= 15 is 0 Å². The van der Waals surface area contributed by atoms with Gasteiger partial charge in [0.15, 0.2) is 11.5 Å². The summed E-state index contributed by atoms with van der Waals surface area (Å²) < 4.78 is 13.8. The molecule has 0 aliphatic heterocycles. The van der Waals surface area contributed by atoms with E-state index in [9.17, 15) is 4.79 Å². The average Bonchev–Trinajstić information content (AvgIpc) is 3.18. The molecule has 7 heteroatoms. The van der Waals surface area contributed by atoms with E-state index in [0.29, 0.717) is 43.3 Å². The van der Waals surface area contributed by atoms with Crippen molar-refractivity contribution in [2.45, 2.75) is 19.9 Å². The van der Waals surface area contributed by atoms with Crippen LogP contribution >= 0.6 is 11.6 Å². The number of amides is 1. The number of halogens is 1. The summed E-state index contributed by atoms with van der Waals surface area (Å²) >= 11 is 6.13. The maximum atomic E-state index is 12.5. The van der Waals surface area contributed by atoms with Gasteiger partial charge in [0, 0.05) is 13.0 Å².